The molecule has 7 atom stereocenters. The molecule has 43 heavy (non-hydrogen) atoms. The van der Waals surface area contributed by atoms with Crippen molar-refractivity contribution in [3.05, 3.63) is 47.7 Å². The van der Waals surface area contributed by atoms with E-state index in [1.807, 2.05) is 30.5 Å². The number of benzene rings is 1. The summed E-state index contributed by atoms with van der Waals surface area (Å²) in [6.45, 7) is 4.35. The van der Waals surface area contributed by atoms with Crippen molar-refractivity contribution in [3.8, 4) is 12.3 Å². The predicted octanol–water partition coefficient (Wildman–Crippen LogP) is 5.07. The Labute approximate surface area is 253 Å². The van der Waals surface area contributed by atoms with Crippen LogP contribution in [0.5, 0.6) is 0 Å². The summed E-state index contributed by atoms with van der Waals surface area (Å²) in [4.78, 5) is 33.9. The number of aromatic nitrogens is 1. The van der Waals surface area contributed by atoms with Crippen molar-refractivity contribution in [1.29, 1.82) is 0 Å². The summed E-state index contributed by atoms with van der Waals surface area (Å²) in [5.41, 5.74) is 3.08. The van der Waals surface area contributed by atoms with E-state index >= 15 is 0 Å². The van der Waals surface area contributed by atoms with E-state index in [0.717, 1.165) is 67.1 Å². The molecule has 1 aromatic heterocycles. The van der Waals surface area contributed by atoms with Crippen molar-refractivity contribution >= 4 is 28.5 Å². The van der Waals surface area contributed by atoms with E-state index in [9.17, 15) is 14.7 Å². The first-order valence-corrected chi connectivity index (χ1v) is 15.6. The van der Waals surface area contributed by atoms with E-state index in [0.29, 0.717) is 30.6 Å². The molecule has 2 aromatic rings. The molecule has 0 radical (unpaired) electrons. The molecule has 0 saturated heterocycles. The lowest BCUT2D eigenvalue weighted by Crippen LogP contribution is -2.54. The maximum atomic E-state index is 12.8. The number of rotatable bonds is 7. The highest BCUT2D eigenvalue weighted by atomic mass is 16.6. The van der Waals surface area contributed by atoms with Crippen molar-refractivity contribution in [2.45, 2.75) is 83.3 Å². The van der Waals surface area contributed by atoms with Crippen molar-refractivity contribution < 1.29 is 24.3 Å². The lowest BCUT2D eigenvalue weighted by Gasteiger charge is -2.58. The fraction of sp³-hybridized carbons (Fsp3) is 0.571. The van der Waals surface area contributed by atoms with Gasteiger partial charge in [0.1, 0.15) is 11.6 Å². The molecular weight excluding hydrogens is 542 g/mol. The summed E-state index contributed by atoms with van der Waals surface area (Å²) in [6.07, 6.45) is 17.8. The number of nitrogens with one attached hydrogen (secondary N) is 2. The number of aliphatic hydroxyl groups is 1. The number of fused-ring (bicyclic) bond motifs is 6. The Morgan fingerprint density at radius 3 is 2.74 bits per heavy atom. The fourth-order valence-electron chi connectivity index (χ4n) is 9.16. The second-order valence-electron chi connectivity index (χ2n) is 13.6. The number of nitrogens with zero attached hydrogens (tertiary/aromatic N) is 1. The van der Waals surface area contributed by atoms with Gasteiger partial charge in [0.25, 0.3) is 5.91 Å². The maximum Gasteiger partial charge on any atom is 0.328 e. The molecule has 6 rings (SSSR count). The lowest BCUT2D eigenvalue weighted by atomic mass is 9.46. The number of carbonyl (C=O) groups is 2. The smallest absolute Gasteiger partial charge is 0.328 e. The summed E-state index contributed by atoms with van der Waals surface area (Å²) in [5, 5.41) is 19.3. The van der Waals surface area contributed by atoms with Gasteiger partial charge in [0, 0.05) is 28.9 Å². The molecule has 3 N–H and O–H groups in total. The number of ether oxygens (including phenoxy) is 1. The third-order valence-electron chi connectivity index (χ3n) is 11.7. The molecule has 1 heterocycles. The highest BCUT2D eigenvalue weighted by molar-refractivity contribution is 5.96. The number of methoxy groups -OCH3 is 1. The normalized spacial score (nSPS) is 34.7. The number of carbonyl (C=O) groups excluding carboxylic acids is 2. The first kappa shape index (κ1) is 29.5. The van der Waals surface area contributed by atoms with Crippen LogP contribution in [0.15, 0.2) is 47.3 Å². The number of oxime groups is 1. The van der Waals surface area contributed by atoms with E-state index < -0.39 is 23.5 Å². The van der Waals surface area contributed by atoms with Gasteiger partial charge in [0.2, 0.25) is 0 Å². The molecule has 0 spiro atoms. The first-order valence-electron chi connectivity index (χ1n) is 15.6. The number of hydrogen-bond acceptors (Lipinski definition) is 6. The Hall–Kier alpha value is -3.57. The summed E-state index contributed by atoms with van der Waals surface area (Å²) in [5.74, 6) is 3.45. The van der Waals surface area contributed by atoms with Gasteiger partial charge in [-0.3, -0.25) is 4.79 Å². The van der Waals surface area contributed by atoms with E-state index in [-0.39, 0.29) is 17.4 Å². The van der Waals surface area contributed by atoms with Gasteiger partial charge in [-0.05, 0) is 92.2 Å². The van der Waals surface area contributed by atoms with Crippen molar-refractivity contribution in [2.75, 3.05) is 13.7 Å². The molecule has 8 nitrogen and oxygen atoms in total. The molecule has 3 saturated carbocycles. The van der Waals surface area contributed by atoms with Crippen LogP contribution in [0.1, 0.15) is 70.8 Å². The Kier molecular flexibility index (Phi) is 7.66. The number of allylic oxidation sites excluding steroid dienone is 2. The van der Waals surface area contributed by atoms with Crippen molar-refractivity contribution in [1.82, 2.24) is 10.3 Å². The molecule has 8 heteroatoms. The van der Waals surface area contributed by atoms with Gasteiger partial charge in [-0.2, -0.15) is 0 Å². The van der Waals surface area contributed by atoms with Crippen LogP contribution in [0.2, 0.25) is 0 Å². The quantitative estimate of drug-likeness (QED) is 0.239. The average Bonchev–Trinajstić information content (AvgIpc) is 3.54. The molecule has 4 aliphatic rings. The number of esters is 1. The van der Waals surface area contributed by atoms with Gasteiger partial charge in [-0.15, -0.1) is 6.42 Å². The van der Waals surface area contributed by atoms with Crippen LogP contribution in [0, 0.1) is 40.9 Å². The largest absolute Gasteiger partial charge is 0.467 e. The minimum atomic E-state index is -0.983. The topological polar surface area (TPSA) is 113 Å². The van der Waals surface area contributed by atoms with Gasteiger partial charge in [0.05, 0.1) is 12.8 Å². The van der Waals surface area contributed by atoms with Crippen molar-refractivity contribution in [2.24, 2.45) is 33.7 Å². The molecule has 3 fully saturated rings. The third kappa shape index (κ3) is 4.96. The molecule has 1 amide bonds. The second kappa shape index (κ2) is 11.2. The summed E-state index contributed by atoms with van der Waals surface area (Å²) < 4.78 is 4.95. The van der Waals surface area contributed by atoms with Gasteiger partial charge in [0.15, 0.2) is 6.61 Å². The summed E-state index contributed by atoms with van der Waals surface area (Å²) in [6, 6.07) is 6.98. The van der Waals surface area contributed by atoms with E-state index in [1.54, 1.807) is 0 Å². The fourth-order valence-corrected chi connectivity index (χ4v) is 9.16. The molecule has 228 valence electrons. The van der Waals surface area contributed by atoms with Crippen LogP contribution in [-0.2, 0) is 25.6 Å². The number of para-hydroxylation sites is 1. The monoisotopic (exact) mass is 585 g/mol. The number of amides is 1. The second-order valence-corrected chi connectivity index (χ2v) is 13.6. The highest BCUT2D eigenvalue weighted by Crippen LogP contribution is 2.67. The summed E-state index contributed by atoms with van der Waals surface area (Å²) in [7, 11) is 1.31. The standard InChI is InChI=1S/C35H43N3O5/c1-5-35(41)17-14-28-26-11-10-23-19-24(12-15-33(23,2)27(26)13-16-34(28,35)3)38-43-21-31(39)37-30(32(40)42-4)18-22-20-36-29-9-7-6-8-25(22)29/h1,6-9,19-20,26-28,30,36,41H,10-18,21H2,2-4H3,(H,37,39)/b38-24-/t26-,27+,28+,30-,33-,34-,35-/m0/s1. The van der Waals surface area contributed by atoms with Gasteiger partial charge in [-0.1, -0.05) is 48.7 Å². The minimum Gasteiger partial charge on any atom is -0.467 e. The average molecular weight is 586 g/mol. The molecule has 0 bridgehead atoms. The van der Waals surface area contributed by atoms with Gasteiger partial charge in [-0.25, -0.2) is 4.79 Å². The zero-order chi connectivity index (χ0) is 30.4. The van der Waals surface area contributed by atoms with Crippen LogP contribution in [0.4, 0.5) is 0 Å². The zero-order valence-electron chi connectivity index (χ0n) is 25.4. The Bertz CT molecular complexity index is 1520. The molecule has 0 aliphatic heterocycles. The van der Waals surface area contributed by atoms with Crippen LogP contribution in [-0.4, -0.2) is 53.0 Å². The lowest BCUT2D eigenvalue weighted by molar-refractivity contribution is -0.145. The number of terminal acetylenes is 1. The van der Waals surface area contributed by atoms with Crippen LogP contribution in [0.25, 0.3) is 10.9 Å². The molecule has 1 aromatic carbocycles. The van der Waals surface area contributed by atoms with Crippen LogP contribution in [0.3, 0.4) is 0 Å². The zero-order valence-corrected chi connectivity index (χ0v) is 25.4. The van der Waals surface area contributed by atoms with E-state index in [2.05, 4.69) is 41.3 Å². The molecular formula is C35H43N3O5. The predicted molar refractivity (Wildman–Crippen MR) is 165 cm³/mol. The number of H-pyrrole nitrogens is 1. The minimum absolute atomic E-state index is 0.105. The maximum absolute atomic E-state index is 12.8. The number of aromatic amines is 1. The van der Waals surface area contributed by atoms with E-state index in [4.69, 9.17) is 16.0 Å². The van der Waals surface area contributed by atoms with Crippen molar-refractivity contribution in [3.63, 3.8) is 0 Å². The summed E-state index contributed by atoms with van der Waals surface area (Å²) >= 11 is 0. The SMILES string of the molecule is C#C[C@]1(O)CC[C@@H]2[C@H]3CCC4=C/C(=N\OCC(=O)N[C@@H](Cc5c[nH]c6ccccc56)C(=O)OC)CC[C@]4(C)[C@@H]3CC[C@@]21C. The van der Waals surface area contributed by atoms with E-state index in [1.165, 1.54) is 12.7 Å². The Morgan fingerprint density at radius 1 is 1.16 bits per heavy atom. The Balaban J connectivity index is 1.08. The Morgan fingerprint density at radius 2 is 1.95 bits per heavy atom. The number of hydrogen-bond donors (Lipinski definition) is 3. The highest BCUT2D eigenvalue weighted by Gasteiger charge is 2.63. The van der Waals surface area contributed by atoms with Crippen LogP contribution >= 0.6 is 0 Å². The van der Waals surface area contributed by atoms with Gasteiger partial charge < -0.3 is 25.0 Å². The van der Waals surface area contributed by atoms with Crippen LogP contribution < -0.4 is 5.32 Å². The molecule has 4 aliphatic carbocycles. The third-order valence-corrected chi connectivity index (χ3v) is 11.7. The first-order chi connectivity index (χ1) is 20.6. The molecule has 0 unspecified atom stereocenters. The van der Waals surface area contributed by atoms with Gasteiger partial charge >= 0.3 is 5.97 Å².